The number of nitrogens with one attached hydrogen (secondary N) is 1. The van der Waals surface area contributed by atoms with Gasteiger partial charge in [0, 0.05) is 37.1 Å². The molecule has 0 spiro atoms. The second kappa shape index (κ2) is 6.04. The van der Waals surface area contributed by atoms with E-state index in [1.54, 1.807) is 18.6 Å². The van der Waals surface area contributed by atoms with Gasteiger partial charge in [-0.05, 0) is 0 Å². The lowest BCUT2D eigenvalue weighted by Gasteiger charge is -2.02. The van der Waals surface area contributed by atoms with Crippen LogP contribution in [0.5, 0.6) is 0 Å². The van der Waals surface area contributed by atoms with E-state index in [2.05, 4.69) is 15.5 Å². The number of carbonyl (C=O) groups excluding carboxylic acids is 1. The number of imidazole rings is 1. The van der Waals surface area contributed by atoms with Crippen LogP contribution in [0.25, 0.3) is 11.3 Å². The first-order valence-electron chi connectivity index (χ1n) is 6.59. The minimum Gasteiger partial charge on any atom is -0.350 e. The van der Waals surface area contributed by atoms with Crippen molar-refractivity contribution in [2.75, 3.05) is 6.54 Å². The van der Waals surface area contributed by atoms with E-state index < -0.39 is 0 Å². The molecule has 6 heteroatoms. The van der Waals surface area contributed by atoms with Gasteiger partial charge in [0.15, 0.2) is 0 Å². The Hall–Kier alpha value is -2.89. The Balaban J connectivity index is 1.59. The molecular weight excluding hydrogens is 268 g/mol. The number of hydrogen-bond acceptors (Lipinski definition) is 4. The molecule has 0 saturated heterocycles. The van der Waals surface area contributed by atoms with Crippen molar-refractivity contribution in [2.45, 2.75) is 6.54 Å². The van der Waals surface area contributed by atoms with Gasteiger partial charge in [0.1, 0.15) is 5.69 Å². The molecule has 3 rings (SSSR count). The summed E-state index contributed by atoms with van der Waals surface area (Å²) in [5, 5.41) is 6.70. The van der Waals surface area contributed by atoms with Crippen LogP contribution in [-0.4, -0.2) is 27.2 Å². The molecule has 106 valence electrons. The Morgan fingerprint density at radius 3 is 2.90 bits per heavy atom. The molecule has 0 aliphatic rings. The summed E-state index contributed by atoms with van der Waals surface area (Å²) < 4.78 is 6.97. The Morgan fingerprint density at radius 2 is 2.14 bits per heavy atom. The largest absolute Gasteiger partial charge is 0.350 e. The fourth-order valence-corrected chi connectivity index (χ4v) is 1.93. The zero-order valence-electron chi connectivity index (χ0n) is 11.3. The van der Waals surface area contributed by atoms with Crippen LogP contribution in [-0.2, 0) is 6.54 Å². The fourth-order valence-electron chi connectivity index (χ4n) is 1.93. The Morgan fingerprint density at radius 1 is 1.29 bits per heavy atom. The number of rotatable bonds is 5. The van der Waals surface area contributed by atoms with Crippen LogP contribution >= 0.6 is 0 Å². The molecule has 21 heavy (non-hydrogen) atoms. The SMILES string of the molecule is O=C(NCCn1ccnc1)c1cc(-c2ccccc2)no1. The molecule has 0 aliphatic heterocycles. The summed E-state index contributed by atoms with van der Waals surface area (Å²) in [4.78, 5) is 15.9. The van der Waals surface area contributed by atoms with E-state index in [4.69, 9.17) is 4.52 Å². The van der Waals surface area contributed by atoms with Crippen molar-refractivity contribution < 1.29 is 9.32 Å². The molecule has 1 amide bonds. The first-order chi connectivity index (χ1) is 10.3. The maximum absolute atomic E-state index is 11.9. The highest BCUT2D eigenvalue weighted by Crippen LogP contribution is 2.18. The van der Waals surface area contributed by atoms with E-state index >= 15 is 0 Å². The summed E-state index contributed by atoms with van der Waals surface area (Å²) in [5.41, 5.74) is 1.56. The lowest BCUT2D eigenvalue weighted by Crippen LogP contribution is -2.26. The van der Waals surface area contributed by atoms with Crippen molar-refractivity contribution in [3.63, 3.8) is 0 Å². The number of carbonyl (C=O) groups is 1. The minimum atomic E-state index is -0.273. The van der Waals surface area contributed by atoms with Crippen LogP contribution in [0.3, 0.4) is 0 Å². The smallest absolute Gasteiger partial charge is 0.289 e. The van der Waals surface area contributed by atoms with Crippen LogP contribution in [0.4, 0.5) is 0 Å². The van der Waals surface area contributed by atoms with Crippen molar-refractivity contribution in [2.24, 2.45) is 0 Å². The number of hydrogen-bond donors (Lipinski definition) is 1. The van der Waals surface area contributed by atoms with Crippen LogP contribution in [0, 0.1) is 0 Å². The molecule has 1 N–H and O–H groups in total. The van der Waals surface area contributed by atoms with E-state index in [1.165, 1.54) is 0 Å². The summed E-state index contributed by atoms with van der Waals surface area (Å²) in [7, 11) is 0. The lowest BCUT2D eigenvalue weighted by molar-refractivity contribution is 0.0915. The highest BCUT2D eigenvalue weighted by atomic mass is 16.5. The second-order valence-electron chi connectivity index (χ2n) is 4.50. The highest BCUT2D eigenvalue weighted by Gasteiger charge is 2.13. The number of amides is 1. The standard InChI is InChI=1S/C15H14N4O2/c20-15(17-7-9-19-8-6-16-11-19)14-10-13(18-21-14)12-4-2-1-3-5-12/h1-6,8,10-11H,7,9H2,(H,17,20). The van der Waals surface area contributed by atoms with Crippen molar-refractivity contribution >= 4 is 5.91 Å². The molecule has 0 aliphatic carbocycles. The summed E-state index contributed by atoms with van der Waals surface area (Å²) in [5.74, 6) is -0.0655. The Bertz CT molecular complexity index is 704. The molecule has 0 saturated carbocycles. The summed E-state index contributed by atoms with van der Waals surface area (Å²) in [6.45, 7) is 1.15. The first kappa shape index (κ1) is 13.1. The van der Waals surface area contributed by atoms with E-state index in [9.17, 15) is 4.79 Å². The number of nitrogens with zero attached hydrogens (tertiary/aromatic N) is 3. The van der Waals surface area contributed by atoms with Crippen LogP contribution in [0.2, 0.25) is 0 Å². The third-order valence-electron chi connectivity index (χ3n) is 3.02. The molecule has 0 fully saturated rings. The van der Waals surface area contributed by atoms with Gasteiger partial charge in [0.2, 0.25) is 5.76 Å². The van der Waals surface area contributed by atoms with Crippen LogP contribution < -0.4 is 5.32 Å². The van der Waals surface area contributed by atoms with Crippen molar-refractivity contribution in [1.82, 2.24) is 20.0 Å². The monoisotopic (exact) mass is 282 g/mol. The molecule has 6 nitrogen and oxygen atoms in total. The molecule has 2 heterocycles. The molecule has 0 radical (unpaired) electrons. The van der Waals surface area contributed by atoms with Gasteiger partial charge in [-0.2, -0.15) is 0 Å². The van der Waals surface area contributed by atoms with Crippen LogP contribution in [0.15, 0.2) is 59.6 Å². The van der Waals surface area contributed by atoms with E-state index in [0.717, 1.165) is 5.56 Å². The number of aromatic nitrogens is 3. The Labute approximate surface area is 121 Å². The highest BCUT2D eigenvalue weighted by molar-refractivity contribution is 5.92. The maximum Gasteiger partial charge on any atom is 0.289 e. The van der Waals surface area contributed by atoms with Crippen LogP contribution in [0.1, 0.15) is 10.6 Å². The molecule has 0 bridgehead atoms. The number of benzene rings is 1. The van der Waals surface area contributed by atoms with Gasteiger partial charge in [0.25, 0.3) is 5.91 Å². The predicted octanol–water partition coefficient (Wildman–Crippen LogP) is 1.97. The van der Waals surface area contributed by atoms with E-state index in [1.807, 2.05) is 41.1 Å². The zero-order chi connectivity index (χ0) is 14.5. The van der Waals surface area contributed by atoms with Gasteiger partial charge in [-0.3, -0.25) is 4.79 Å². The topological polar surface area (TPSA) is 73.0 Å². The van der Waals surface area contributed by atoms with E-state index in [0.29, 0.717) is 18.8 Å². The zero-order valence-corrected chi connectivity index (χ0v) is 11.3. The maximum atomic E-state index is 11.9. The predicted molar refractivity (Wildman–Crippen MR) is 76.5 cm³/mol. The minimum absolute atomic E-state index is 0.208. The van der Waals surface area contributed by atoms with E-state index in [-0.39, 0.29) is 11.7 Å². The lowest BCUT2D eigenvalue weighted by atomic mass is 10.1. The second-order valence-corrected chi connectivity index (χ2v) is 4.50. The summed E-state index contributed by atoms with van der Waals surface area (Å²) in [6, 6.07) is 11.2. The average molecular weight is 282 g/mol. The Kier molecular flexibility index (Phi) is 3.77. The normalized spacial score (nSPS) is 10.5. The van der Waals surface area contributed by atoms with Gasteiger partial charge in [0.05, 0.1) is 6.33 Å². The first-order valence-corrected chi connectivity index (χ1v) is 6.59. The summed E-state index contributed by atoms with van der Waals surface area (Å²) >= 11 is 0. The van der Waals surface area contributed by atoms with Crippen molar-refractivity contribution in [3.8, 4) is 11.3 Å². The molecular formula is C15H14N4O2. The fraction of sp³-hybridized carbons (Fsp3) is 0.133. The quantitative estimate of drug-likeness (QED) is 0.776. The van der Waals surface area contributed by atoms with Gasteiger partial charge >= 0.3 is 0 Å². The third-order valence-corrected chi connectivity index (χ3v) is 3.02. The molecule has 3 aromatic rings. The third kappa shape index (κ3) is 3.17. The van der Waals surface area contributed by atoms with Crippen molar-refractivity contribution in [1.29, 1.82) is 0 Å². The van der Waals surface area contributed by atoms with Gasteiger partial charge in [-0.25, -0.2) is 4.98 Å². The molecule has 1 aromatic carbocycles. The molecule has 2 aromatic heterocycles. The van der Waals surface area contributed by atoms with Gasteiger partial charge in [-0.1, -0.05) is 35.5 Å². The molecule has 0 unspecified atom stereocenters. The van der Waals surface area contributed by atoms with Gasteiger partial charge in [-0.15, -0.1) is 0 Å². The average Bonchev–Trinajstić information content (AvgIpc) is 3.20. The summed E-state index contributed by atoms with van der Waals surface area (Å²) in [6.07, 6.45) is 5.24. The van der Waals surface area contributed by atoms with Gasteiger partial charge < -0.3 is 14.4 Å². The molecule has 0 atom stereocenters. The van der Waals surface area contributed by atoms with Crippen molar-refractivity contribution in [3.05, 3.63) is 60.9 Å².